The van der Waals surface area contributed by atoms with Gasteiger partial charge in [0.25, 0.3) is 0 Å². The number of methoxy groups -OCH3 is 3. The van der Waals surface area contributed by atoms with E-state index in [9.17, 15) is 0 Å². The van der Waals surface area contributed by atoms with Gasteiger partial charge in [0.05, 0.1) is 27.4 Å². The van der Waals surface area contributed by atoms with Crippen molar-refractivity contribution >= 4 is 0 Å². The van der Waals surface area contributed by atoms with Gasteiger partial charge in [0.1, 0.15) is 0 Å². The number of aryl methyl sites for hydroxylation is 2. The van der Waals surface area contributed by atoms with E-state index >= 15 is 0 Å². The standard InChI is InChI=1S/C25H30N2O3/c1-18-9-5-6-10-19(18)17-27-16-8-15-26-14-7-11-21(26)23(27)20-12-13-22(28-2)25(30-4)24(20)29-3/h5-7,9-14,23H,8,15-17H2,1-4H3. The highest BCUT2D eigenvalue weighted by Gasteiger charge is 2.32. The lowest BCUT2D eigenvalue weighted by molar-refractivity contribution is 0.214. The van der Waals surface area contributed by atoms with E-state index in [4.69, 9.17) is 14.2 Å². The molecule has 0 N–H and O–H groups in total. The van der Waals surface area contributed by atoms with Crippen LogP contribution in [0.3, 0.4) is 0 Å². The predicted molar refractivity (Wildman–Crippen MR) is 119 cm³/mol. The van der Waals surface area contributed by atoms with Gasteiger partial charge < -0.3 is 18.8 Å². The lowest BCUT2D eigenvalue weighted by atomic mass is 9.98. The molecule has 0 bridgehead atoms. The lowest BCUT2D eigenvalue weighted by Gasteiger charge is -2.32. The molecule has 5 heteroatoms. The average molecular weight is 407 g/mol. The second kappa shape index (κ2) is 8.84. The molecule has 1 unspecified atom stereocenters. The number of hydrogen-bond donors (Lipinski definition) is 0. The van der Waals surface area contributed by atoms with Crippen molar-refractivity contribution in [3.8, 4) is 17.2 Å². The van der Waals surface area contributed by atoms with E-state index < -0.39 is 0 Å². The highest BCUT2D eigenvalue weighted by molar-refractivity contribution is 5.58. The second-order valence-corrected chi connectivity index (χ2v) is 7.70. The fraction of sp³-hybridized carbons (Fsp3) is 0.360. The minimum absolute atomic E-state index is 0.0527. The van der Waals surface area contributed by atoms with Crippen molar-refractivity contribution in [2.45, 2.75) is 32.5 Å². The Kier molecular flexibility index (Phi) is 6.00. The molecule has 0 aliphatic carbocycles. The Balaban J connectivity index is 1.86. The van der Waals surface area contributed by atoms with E-state index in [0.29, 0.717) is 11.5 Å². The lowest BCUT2D eigenvalue weighted by Crippen LogP contribution is -2.30. The molecule has 0 amide bonds. The smallest absolute Gasteiger partial charge is 0.203 e. The molecule has 1 aromatic heterocycles. The van der Waals surface area contributed by atoms with E-state index in [1.807, 2.05) is 6.07 Å². The summed E-state index contributed by atoms with van der Waals surface area (Å²) < 4.78 is 19.4. The first-order chi connectivity index (χ1) is 14.7. The Labute approximate surface area is 178 Å². The second-order valence-electron chi connectivity index (χ2n) is 7.70. The highest BCUT2D eigenvalue weighted by atomic mass is 16.5. The summed E-state index contributed by atoms with van der Waals surface area (Å²) in [5.74, 6) is 2.04. The molecule has 2 heterocycles. The van der Waals surface area contributed by atoms with E-state index in [2.05, 4.69) is 65.1 Å². The maximum Gasteiger partial charge on any atom is 0.203 e. The molecule has 0 radical (unpaired) electrons. The van der Waals surface area contributed by atoms with Gasteiger partial charge in [-0.25, -0.2) is 0 Å². The van der Waals surface area contributed by atoms with Gasteiger partial charge in [-0.3, -0.25) is 4.90 Å². The molecule has 3 aromatic rings. The largest absolute Gasteiger partial charge is 0.493 e. The Hall–Kier alpha value is -2.92. The first-order valence-electron chi connectivity index (χ1n) is 10.4. The molecule has 1 aliphatic rings. The van der Waals surface area contributed by atoms with Gasteiger partial charge in [0, 0.05) is 37.1 Å². The first kappa shape index (κ1) is 20.4. The number of rotatable bonds is 6. The van der Waals surface area contributed by atoms with Crippen molar-refractivity contribution in [1.82, 2.24) is 9.47 Å². The molecule has 1 aliphatic heterocycles. The van der Waals surface area contributed by atoms with Gasteiger partial charge in [-0.15, -0.1) is 0 Å². The third-order valence-electron chi connectivity index (χ3n) is 6.02. The van der Waals surface area contributed by atoms with Gasteiger partial charge in [0.2, 0.25) is 5.75 Å². The van der Waals surface area contributed by atoms with Crippen LogP contribution in [0.5, 0.6) is 17.2 Å². The molecule has 5 nitrogen and oxygen atoms in total. The Bertz CT molecular complexity index is 1010. The minimum Gasteiger partial charge on any atom is -0.493 e. The monoisotopic (exact) mass is 406 g/mol. The number of nitrogens with zero attached hydrogens (tertiary/aromatic N) is 2. The molecule has 4 rings (SSSR count). The van der Waals surface area contributed by atoms with Gasteiger partial charge in [-0.2, -0.15) is 0 Å². The zero-order chi connectivity index (χ0) is 21.1. The van der Waals surface area contributed by atoms with Crippen LogP contribution in [0.1, 0.15) is 34.8 Å². The molecule has 2 aromatic carbocycles. The third kappa shape index (κ3) is 3.65. The summed E-state index contributed by atoms with van der Waals surface area (Å²) in [4.78, 5) is 2.55. The number of fused-ring (bicyclic) bond motifs is 1. The minimum atomic E-state index is 0.0527. The van der Waals surface area contributed by atoms with E-state index in [1.54, 1.807) is 21.3 Å². The van der Waals surface area contributed by atoms with Gasteiger partial charge in [-0.1, -0.05) is 24.3 Å². The number of benzene rings is 2. The summed E-state index contributed by atoms with van der Waals surface area (Å²) in [5.41, 5.74) is 5.02. The van der Waals surface area contributed by atoms with Crippen LogP contribution in [0.2, 0.25) is 0 Å². The van der Waals surface area contributed by atoms with E-state index in [-0.39, 0.29) is 6.04 Å². The Morgan fingerprint density at radius 3 is 2.40 bits per heavy atom. The highest BCUT2D eigenvalue weighted by Crippen LogP contribution is 2.46. The molecular formula is C25H30N2O3. The summed E-state index contributed by atoms with van der Waals surface area (Å²) in [5, 5.41) is 0. The molecule has 0 saturated heterocycles. The Morgan fingerprint density at radius 2 is 1.67 bits per heavy atom. The van der Waals surface area contributed by atoms with Crippen LogP contribution in [-0.4, -0.2) is 37.3 Å². The molecule has 0 fully saturated rings. The van der Waals surface area contributed by atoms with Crippen molar-refractivity contribution in [2.24, 2.45) is 0 Å². The molecule has 158 valence electrons. The van der Waals surface area contributed by atoms with E-state index in [0.717, 1.165) is 37.4 Å². The SMILES string of the molecule is COc1ccc(C2c3cccn3CCCN2Cc2ccccc2C)c(OC)c1OC. The molecule has 0 saturated carbocycles. The topological polar surface area (TPSA) is 35.9 Å². The summed E-state index contributed by atoms with van der Waals surface area (Å²) in [6, 6.07) is 17.1. The van der Waals surface area contributed by atoms with Gasteiger partial charge in [-0.05, 0) is 48.7 Å². The fourth-order valence-electron chi connectivity index (χ4n) is 4.51. The van der Waals surface area contributed by atoms with Crippen LogP contribution in [0.15, 0.2) is 54.7 Å². The van der Waals surface area contributed by atoms with Crippen LogP contribution in [0, 0.1) is 6.92 Å². The predicted octanol–water partition coefficient (Wildman–Crippen LogP) is 4.82. The zero-order valence-corrected chi connectivity index (χ0v) is 18.2. The molecule has 1 atom stereocenters. The third-order valence-corrected chi connectivity index (χ3v) is 6.02. The van der Waals surface area contributed by atoms with Crippen molar-refractivity contribution < 1.29 is 14.2 Å². The Morgan fingerprint density at radius 1 is 0.867 bits per heavy atom. The van der Waals surface area contributed by atoms with Crippen LogP contribution in [0.25, 0.3) is 0 Å². The van der Waals surface area contributed by atoms with Crippen LogP contribution < -0.4 is 14.2 Å². The molecular weight excluding hydrogens is 376 g/mol. The van der Waals surface area contributed by atoms with Crippen molar-refractivity contribution in [1.29, 1.82) is 0 Å². The maximum atomic E-state index is 5.88. The average Bonchev–Trinajstić information content (AvgIpc) is 3.15. The first-order valence-corrected chi connectivity index (χ1v) is 10.4. The van der Waals surface area contributed by atoms with Crippen LogP contribution in [-0.2, 0) is 13.1 Å². The number of ether oxygens (including phenoxy) is 3. The van der Waals surface area contributed by atoms with Crippen LogP contribution >= 0.6 is 0 Å². The van der Waals surface area contributed by atoms with Crippen molar-refractivity contribution in [3.63, 3.8) is 0 Å². The summed E-state index contributed by atoms with van der Waals surface area (Å²) in [7, 11) is 5.01. The van der Waals surface area contributed by atoms with Gasteiger partial charge in [0.15, 0.2) is 11.5 Å². The number of hydrogen-bond acceptors (Lipinski definition) is 4. The summed E-state index contributed by atoms with van der Waals surface area (Å²) >= 11 is 0. The quantitative estimate of drug-likeness (QED) is 0.588. The van der Waals surface area contributed by atoms with Crippen molar-refractivity contribution in [3.05, 3.63) is 77.1 Å². The van der Waals surface area contributed by atoms with Gasteiger partial charge >= 0.3 is 0 Å². The summed E-state index contributed by atoms with van der Waals surface area (Å²) in [6.07, 6.45) is 3.27. The van der Waals surface area contributed by atoms with Crippen molar-refractivity contribution in [2.75, 3.05) is 27.9 Å². The normalized spacial score (nSPS) is 16.6. The fourth-order valence-corrected chi connectivity index (χ4v) is 4.51. The maximum absolute atomic E-state index is 5.88. The molecule has 30 heavy (non-hydrogen) atoms. The molecule has 0 spiro atoms. The summed E-state index contributed by atoms with van der Waals surface area (Å²) in [6.45, 7) is 5.07. The zero-order valence-electron chi connectivity index (χ0n) is 18.2. The van der Waals surface area contributed by atoms with Crippen LogP contribution in [0.4, 0.5) is 0 Å². The van der Waals surface area contributed by atoms with E-state index in [1.165, 1.54) is 16.8 Å². The number of aromatic nitrogens is 1.